The Kier molecular flexibility index (Phi) is 7.41. The highest BCUT2D eigenvalue weighted by Crippen LogP contribution is 2.44. The van der Waals surface area contributed by atoms with Gasteiger partial charge in [0.15, 0.2) is 0 Å². The Labute approximate surface area is 307 Å². The van der Waals surface area contributed by atoms with Crippen LogP contribution in [0.3, 0.4) is 0 Å². The molecule has 0 spiro atoms. The number of anilines is 3. The maximum absolute atomic E-state index is 2.42. The lowest BCUT2D eigenvalue weighted by Gasteiger charge is -2.29. The maximum atomic E-state index is 2.42. The van der Waals surface area contributed by atoms with E-state index in [4.69, 9.17) is 0 Å². The summed E-state index contributed by atoms with van der Waals surface area (Å²) in [7, 11) is 0. The second-order valence-electron chi connectivity index (χ2n) is 13.3. The summed E-state index contributed by atoms with van der Waals surface area (Å²) in [6, 6.07) is 73.0. The summed E-state index contributed by atoms with van der Waals surface area (Å²) in [6.45, 7) is 0. The molecule has 0 N–H and O–H groups in total. The van der Waals surface area contributed by atoms with Gasteiger partial charge >= 0.3 is 0 Å². The monoisotopic (exact) mass is 679 g/mol. The Balaban J connectivity index is 1.15. The fourth-order valence-electron chi connectivity index (χ4n) is 7.78. The molecule has 0 unspecified atom stereocenters. The van der Waals surface area contributed by atoms with Gasteiger partial charge in [-0.3, -0.25) is 0 Å². The van der Waals surface area contributed by atoms with Gasteiger partial charge in [-0.15, -0.1) is 11.3 Å². The Hall–Kier alpha value is -6.48. The summed E-state index contributed by atoms with van der Waals surface area (Å²) in [5.41, 5.74) is 10.6. The van der Waals surface area contributed by atoms with E-state index in [0.717, 1.165) is 17.1 Å². The summed E-state index contributed by atoms with van der Waals surface area (Å²) in [4.78, 5) is 2.42. The number of rotatable bonds is 6. The quantitative estimate of drug-likeness (QED) is 0.169. The van der Waals surface area contributed by atoms with E-state index in [1.165, 1.54) is 75.1 Å². The predicted octanol–water partition coefficient (Wildman–Crippen LogP) is 14.8. The minimum absolute atomic E-state index is 1.10. The third-order valence-corrected chi connectivity index (χ3v) is 11.4. The summed E-state index contributed by atoms with van der Waals surface area (Å²) >= 11 is 1.86. The van der Waals surface area contributed by atoms with Gasteiger partial charge in [-0.05, 0) is 97.9 Å². The highest BCUT2D eigenvalue weighted by atomic mass is 32.1. The van der Waals surface area contributed by atoms with Crippen LogP contribution in [-0.2, 0) is 0 Å². The molecule has 0 aliphatic rings. The molecular formula is C50H33NS. The van der Waals surface area contributed by atoms with Crippen molar-refractivity contribution in [2.24, 2.45) is 0 Å². The largest absolute Gasteiger partial charge is 0.310 e. The molecule has 244 valence electrons. The zero-order valence-corrected chi connectivity index (χ0v) is 29.2. The lowest BCUT2D eigenvalue weighted by molar-refractivity contribution is 1.28. The van der Waals surface area contributed by atoms with Gasteiger partial charge in [0.05, 0.1) is 5.69 Å². The van der Waals surface area contributed by atoms with Gasteiger partial charge in [0.1, 0.15) is 0 Å². The summed E-state index contributed by atoms with van der Waals surface area (Å²) in [5.74, 6) is 0. The molecular weight excluding hydrogens is 647 g/mol. The first-order valence-electron chi connectivity index (χ1n) is 17.8. The zero-order valence-electron chi connectivity index (χ0n) is 28.4. The van der Waals surface area contributed by atoms with Crippen LogP contribution in [0.5, 0.6) is 0 Å². The van der Waals surface area contributed by atoms with Gasteiger partial charge in [-0.25, -0.2) is 0 Å². The molecule has 10 rings (SSSR count). The van der Waals surface area contributed by atoms with E-state index >= 15 is 0 Å². The average Bonchev–Trinajstić information content (AvgIpc) is 3.59. The molecule has 0 saturated heterocycles. The number of nitrogens with zero attached hydrogens (tertiary/aromatic N) is 1. The number of hydrogen-bond acceptors (Lipinski definition) is 2. The van der Waals surface area contributed by atoms with Crippen LogP contribution >= 0.6 is 11.3 Å². The van der Waals surface area contributed by atoms with Crippen LogP contribution in [0, 0.1) is 0 Å². The molecule has 0 amide bonds. The van der Waals surface area contributed by atoms with Crippen molar-refractivity contribution < 1.29 is 0 Å². The Morgan fingerprint density at radius 2 is 0.865 bits per heavy atom. The SMILES string of the molecule is c1cc(-c2ccc3sc4ccccc4c3c2)cc(N(c2ccc(-c3cccc4ccccc34)cc2)c2ccccc2-c2cccc3ccccc23)c1. The van der Waals surface area contributed by atoms with Gasteiger partial charge in [0, 0.05) is 37.1 Å². The second kappa shape index (κ2) is 12.7. The van der Waals surface area contributed by atoms with Crippen molar-refractivity contribution in [2.45, 2.75) is 0 Å². The summed E-state index contributed by atoms with van der Waals surface area (Å²) < 4.78 is 2.64. The van der Waals surface area contributed by atoms with E-state index < -0.39 is 0 Å². The molecule has 10 aromatic rings. The van der Waals surface area contributed by atoms with Gasteiger partial charge in [0.25, 0.3) is 0 Å². The molecule has 0 atom stereocenters. The Morgan fingerprint density at radius 1 is 0.308 bits per heavy atom. The van der Waals surface area contributed by atoms with Gasteiger partial charge in [-0.1, -0.05) is 152 Å². The van der Waals surface area contributed by atoms with Crippen LogP contribution in [-0.4, -0.2) is 0 Å². The molecule has 1 nitrogen and oxygen atoms in total. The van der Waals surface area contributed by atoms with Gasteiger partial charge in [0.2, 0.25) is 0 Å². The molecule has 0 saturated carbocycles. The van der Waals surface area contributed by atoms with Crippen LogP contribution < -0.4 is 4.90 Å². The fourth-order valence-corrected chi connectivity index (χ4v) is 8.87. The van der Waals surface area contributed by atoms with E-state index in [-0.39, 0.29) is 0 Å². The lowest BCUT2D eigenvalue weighted by Crippen LogP contribution is -2.11. The minimum Gasteiger partial charge on any atom is -0.310 e. The zero-order chi connectivity index (χ0) is 34.4. The summed E-state index contributed by atoms with van der Waals surface area (Å²) in [6.07, 6.45) is 0. The smallest absolute Gasteiger partial charge is 0.0540 e. The van der Waals surface area contributed by atoms with E-state index in [0.29, 0.717) is 0 Å². The fraction of sp³-hybridized carbons (Fsp3) is 0. The van der Waals surface area contributed by atoms with Crippen molar-refractivity contribution in [1.29, 1.82) is 0 Å². The average molecular weight is 680 g/mol. The molecule has 1 aromatic heterocycles. The predicted molar refractivity (Wildman–Crippen MR) is 225 cm³/mol. The number of para-hydroxylation sites is 1. The van der Waals surface area contributed by atoms with Crippen LogP contribution in [0.2, 0.25) is 0 Å². The van der Waals surface area contributed by atoms with Crippen molar-refractivity contribution >= 4 is 70.1 Å². The molecule has 1 heterocycles. The van der Waals surface area contributed by atoms with Crippen molar-refractivity contribution in [2.75, 3.05) is 4.90 Å². The van der Waals surface area contributed by atoms with Crippen LogP contribution in [0.1, 0.15) is 0 Å². The normalized spacial score (nSPS) is 11.5. The number of thiophene rings is 1. The molecule has 0 aliphatic heterocycles. The lowest BCUT2D eigenvalue weighted by atomic mass is 9.95. The molecule has 0 radical (unpaired) electrons. The maximum Gasteiger partial charge on any atom is 0.0540 e. The standard InChI is InChI=1S/C50H33NS/c1-3-18-41-34(12-1)14-10-22-42(41)36-26-29-39(30-27-36)51(48-24-7-5-20-45(48)44-23-11-15-35-13-2-4-19-43(35)44)40-17-9-16-37(32-40)38-28-31-50-47(33-38)46-21-6-8-25-49(46)52-50/h1-33H. The third-order valence-electron chi connectivity index (χ3n) is 10.3. The first kappa shape index (κ1) is 30.4. The van der Waals surface area contributed by atoms with E-state index in [2.05, 4.69) is 205 Å². The Morgan fingerprint density at radius 3 is 1.67 bits per heavy atom. The molecule has 0 bridgehead atoms. The first-order valence-corrected chi connectivity index (χ1v) is 18.6. The highest BCUT2D eigenvalue weighted by Gasteiger charge is 2.19. The van der Waals surface area contributed by atoms with Crippen molar-refractivity contribution in [3.05, 3.63) is 200 Å². The second-order valence-corrected chi connectivity index (χ2v) is 14.4. The molecule has 52 heavy (non-hydrogen) atoms. The van der Waals surface area contributed by atoms with E-state index in [9.17, 15) is 0 Å². The first-order chi connectivity index (χ1) is 25.8. The topological polar surface area (TPSA) is 3.24 Å². The third kappa shape index (κ3) is 5.24. The summed E-state index contributed by atoms with van der Waals surface area (Å²) in [5, 5.41) is 7.62. The minimum atomic E-state index is 1.10. The highest BCUT2D eigenvalue weighted by molar-refractivity contribution is 7.25. The van der Waals surface area contributed by atoms with Gasteiger partial charge in [-0.2, -0.15) is 0 Å². The van der Waals surface area contributed by atoms with E-state index in [1.54, 1.807) is 0 Å². The molecule has 0 fully saturated rings. The number of fused-ring (bicyclic) bond motifs is 5. The number of benzene rings is 9. The molecule has 2 heteroatoms. The van der Waals surface area contributed by atoms with Crippen LogP contribution in [0.25, 0.3) is 75.1 Å². The van der Waals surface area contributed by atoms with Gasteiger partial charge < -0.3 is 4.90 Å². The molecule has 0 aliphatic carbocycles. The van der Waals surface area contributed by atoms with Crippen molar-refractivity contribution in [3.8, 4) is 33.4 Å². The molecule has 9 aromatic carbocycles. The van der Waals surface area contributed by atoms with Crippen molar-refractivity contribution in [1.82, 2.24) is 0 Å². The Bertz CT molecular complexity index is 2910. The van der Waals surface area contributed by atoms with Crippen molar-refractivity contribution in [3.63, 3.8) is 0 Å². The van der Waals surface area contributed by atoms with Crippen LogP contribution in [0.4, 0.5) is 17.1 Å². The number of hydrogen-bond donors (Lipinski definition) is 0. The van der Waals surface area contributed by atoms with E-state index in [1.807, 2.05) is 11.3 Å². The van der Waals surface area contributed by atoms with Crippen LogP contribution in [0.15, 0.2) is 200 Å².